The Bertz CT molecular complexity index is 456. The quantitative estimate of drug-likeness (QED) is 0.592. The van der Waals surface area contributed by atoms with Crippen LogP contribution >= 0.6 is 0 Å². The smallest absolute Gasteiger partial charge is 0.106 e. The van der Waals surface area contributed by atoms with Crippen LogP contribution < -0.4 is 0 Å². The van der Waals surface area contributed by atoms with Gasteiger partial charge in [-0.1, -0.05) is 35.5 Å². The topological polar surface area (TPSA) is 35.8 Å². The molecule has 3 heterocycles. The number of fused-ring (bicyclic) bond motifs is 3. The Morgan fingerprint density at radius 3 is 2.53 bits per heavy atom. The molecule has 0 unspecified atom stereocenters. The summed E-state index contributed by atoms with van der Waals surface area (Å²) >= 11 is 0. The van der Waals surface area contributed by atoms with Crippen LogP contribution in [-0.4, -0.2) is 28.9 Å². The first-order chi connectivity index (χ1) is 8.38. The average Bonchev–Trinajstić information content (AvgIpc) is 2.41. The third kappa shape index (κ3) is 1.82. The van der Waals surface area contributed by atoms with E-state index in [0.717, 1.165) is 42.9 Å². The van der Waals surface area contributed by atoms with Crippen molar-refractivity contribution < 1.29 is 5.21 Å². The SMILES string of the molecule is ON=C1/C(=C\c2ccccc2)N2CCC1CC2. The maximum absolute atomic E-state index is 9.18. The molecule has 0 amide bonds. The van der Waals surface area contributed by atoms with Crippen LogP contribution in [0.5, 0.6) is 0 Å². The molecular formula is C14H16N2O. The largest absolute Gasteiger partial charge is 0.411 e. The second-order valence-corrected chi connectivity index (χ2v) is 4.69. The molecule has 1 N–H and O–H groups in total. The first kappa shape index (κ1) is 10.4. The number of hydrogen-bond acceptors (Lipinski definition) is 3. The highest BCUT2D eigenvalue weighted by Gasteiger charge is 2.35. The van der Waals surface area contributed by atoms with Gasteiger partial charge < -0.3 is 10.1 Å². The molecule has 3 aliphatic rings. The van der Waals surface area contributed by atoms with E-state index in [4.69, 9.17) is 0 Å². The van der Waals surface area contributed by atoms with Crippen LogP contribution in [0.25, 0.3) is 6.08 Å². The fourth-order valence-electron chi connectivity index (χ4n) is 2.77. The Hall–Kier alpha value is -1.77. The van der Waals surface area contributed by atoms with Crippen LogP contribution in [0.15, 0.2) is 41.2 Å². The van der Waals surface area contributed by atoms with Crippen LogP contribution in [0.4, 0.5) is 0 Å². The number of allylic oxidation sites excluding steroid dienone is 1. The number of rotatable bonds is 1. The molecular weight excluding hydrogens is 212 g/mol. The standard InChI is InChI=1S/C14H16N2O/c17-15-14-12-6-8-16(9-7-12)13(14)10-11-4-2-1-3-5-11/h1-5,10,12,17H,6-9H2/b13-10+,15-14?. The highest BCUT2D eigenvalue weighted by molar-refractivity contribution is 6.05. The molecule has 0 radical (unpaired) electrons. The van der Waals surface area contributed by atoms with Gasteiger partial charge in [-0.3, -0.25) is 0 Å². The Morgan fingerprint density at radius 1 is 1.18 bits per heavy atom. The van der Waals surface area contributed by atoms with Gasteiger partial charge in [-0.05, 0) is 24.5 Å². The molecule has 0 atom stereocenters. The molecule has 0 saturated carbocycles. The van der Waals surface area contributed by atoms with E-state index < -0.39 is 0 Å². The van der Waals surface area contributed by atoms with Crippen molar-refractivity contribution in [2.45, 2.75) is 12.8 Å². The van der Waals surface area contributed by atoms with Gasteiger partial charge in [0.1, 0.15) is 5.71 Å². The molecule has 3 nitrogen and oxygen atoms in total. The van der Waals surface area contributed by atoms with Crippen LogP contribution in [0.1, 0.15) is 18.4 Å². The summed E-state index contributed by atoms with van der Waals surface area (Å²) in [4.78, 5) is 2.32. The molecule has 17 heavy (non-hydrogen) atoms. The number of hydrogen-bond donors (Lipinski definition) is 1. The normalized spacial score (nSPS) is 24.8. The van der Waals surface area contributed by atoms with Gasteiger partial charge in [0.15, 0.2) is 0 Å². The summed E-state index contributed by atoms with van der Waals surface area (Å²) in [5.41, 5.74) is 3.13. The molecule has 4 rings (SSSR count). The van der Waals surface area contributed by atoms with Crippen molar-refractivity contribution in [1.82, 2.24) is 4.90 Å². The third-order valence-corrected chi connectivity index (χ3v) is 3.70. The van der Waals surface area contributed by atoms with Crippen molar-refractivity contribution in [3.05, 3.63) is 41.6 Å². The van der Waals surface area contributed by atoms with Gasteiger partial charge in [0.2, 0.25) is 0 Å². The number of benzene rings is 1. The fourth-order valence-corrected chi connectivity index (χ4v) is 2.77. The van der Waals surface area contributed by atoms with E-state index in [9.17, 15) is 5.21 Å². The van der Waals surface area contributed by atoms with Crippen molar-refractivity contribution in [2.24, 2.45) is 11.1 Å². The summed E-state index contributed by atoms with van der Waals surface area (Å²) in [7, 11) is 0. The lowest BCUT2D eigenvalue weighted by Gasteiger charge is -2.42. The van der Waals surface area contributed by atoms with Gasteiger partial charge in [-0.25, -0.2) is 0 Å². The summed E-state index contributed by atoms with van der Waals surface area (Å²) in [6.07, 6.45) is 4.36. The highest BCUT2D eigenvalue weighted by atomic mass is 16.4. The minimum absolute atomic E-state index is 0.444. The Labute approximate surface area is 101 Å². The van der Waals surface area contributed by atoms with Crippen molar-refractivity contribution in [3.8, 4) is 0 Å². The summed E-state index contributed by atoms with van der Waals surface area (Å²) in [6.45, 7) is 2.17. The monoisotopic (exact) mass is 228 g/mol. The first-order valence-electron chi connectivity index (χ1n) is 6.12. The van der Waals surface area contributed by atoms with Crippen molar-refractivity contribution >= 4 is 11.8 Å². The van der Waals surface area contributed by atoms with Crippen LogP contribution in [0.3, 0.4) is 0 Å². The molecule has 88 valence electrons. The van der Waals surface area contributed by atoms with Crippen molar-refractivity contribution in [2.75, 3.05) is 13.1 Å². The Balaban J connectivity index is 1.99. The van der Waals surface area contributed by atoms with Gasteiger partial charge in [0.05, 0.1) is 5.70 Å². The molecule has 3 heteroatoms. The summed E-state index contributed by atoms with van der Waals surface area (Å²) in [6, 6.07) is 10.2. The van der Waals surface area contributed by atoms with Crippen molar-refractivity contribution in [1.29, 1.82) is 0 Å². The minimum atomic E-state index is 0.444. The molecule has 3 fully saturated rings. The predicted octanol–water partition coefficient (Wildman–Crippen LogP) is 2.58. The lowest BCUT2D eigenvalue weighted by atomic mass is 9.83. The Kier molecular flexibility index (Phi) is 2.59. The molecule has 1 aromatic rings. The Morgan fingerprint density at radius 2 is 1.88 bits per heavy atom. The maximum Gasteiger partial charge on any atom is 0.106 e. The van der Waals surface area contributed by atoms with Crippen molar-refractivity contribution in [3.63, 3.8) is 0 Å². The average molecular weight is 228 g/mol. The van der Waals surface area contributed by atoms with E-state index >= 15 is 0 Å². The zero-order valence-electron chi connectivity index (χ0n) is 9.71. The third-order valence-electron chi connectivity index (χ3n) is 3.70. The van der Waals surface area contributed by atoms with Crippen LogP contribution in [-0.2, 0) is 0 Å². The molecule has 2 bridgehead atoms. The fraction of sp³-hybridized carbons (Fsp3) is 0.357. The van der Waals surface area contributed by atoms with Crippen LogP contribution in [0, 0.1) is 5.92 Å². The molecule has 3 aliphatic heterocycles. The molecule has 0 aromatic heterocycles. The van der Waals surface area contributed by atoms with Gasteiger partial charge >= 0.3 is 0 Å². The summed E-state index contributed by atoms with van der Waals surface area (Å²) in [5.74, 6) is 0.444. The zero-order chi connectivity index (χ0) is 11.7. The maximum atomic E-state index is 9.18. The van der Waals surface area contributed by atoms with Gasteiger partial charge in [0.25, 0.3) is 0 Å². The summed E-state index contributed by atoms with van der Waals surface area (Å²) < 4.78 is 0. The van der Waals surface area contributed by atoms with E-state index in [1.165, 1.54) is 0 Å². The number of nitrogens with zero attached hydrogens (tertiary/aromatic N) is 2. The second-order valence-electron chi connectivity index (χ2n) is 4.69. The lowest BCUT2D eigenvalue weighted by molar-refractivity contribution is 0.229. The zero-order valence-corrected chi connectivity index (χ0v) is 9.71. The highest BCUT2D eigenvalue weighted by Crippen LogP contribution is 2.33. The minimum Gasteiger partial charge on any atom is -0.411 e. The van der Waals surface area contributed by atoms with Gasteiger partial charge in [-0.2, -0.15) is 0 Å². The van der Waals surface area contributed by atoms with Gasteiger partial charge in [-0.15, -0.1) is 0 Å². The predicted molar refractivity (Wildman–Crippen MR) is 67.9 cm³/mol. The van der Waals surface area contributed by atoms with E-state index in [-0.39, 0.29) is 0 Å². The van der Waals surface area contributed by atoms with Crippen LogP contribution in [0.2, 0.25) is 0 Å². The second kappa shape index (κ2) is 4.24. The molecule has 3 saturated heterocycles. The molecule has 0 spiro atoms. The molecule has 1 aromatic carbocycles. The van der Waals surface area contributed by atoms with E-state index in [2.05, 4.69) is 28.3 Å². The number of oxime groups is 1. The van der Waals surface area contributed by atoms with E-state index in [0.29, 0.717) is 5.92 Å². The van der Waals surface area contributed by atoms with E-state index in [1.54, 1.807) is 0 Å². The number of piperidine rings is 3. The lowest BCUT2D eigenvalue weighted by Crippen LogP contribution is -2.46. The molecule has 0 aliphatic carbocycles. The first-order valence-corrected chi connectivity index (χ1v) is 6.12. The van der Waals surface area contributed by atoms with Gasteiger partial charge in [0, 0.05) is 19.0 Å². The summed E-state index contributed by atoms with van der Waals surface area (Å²) in [5, 5.41) is 12.7. The van der Waals surface area contributed by atoms with E-state index in [1.807, 2.05) is 18.2 Å².